The van der Waals surface area contributed by atoms with Crippen LogP contribution in [0.5, 0.6) is 5.75 Å². The molecular weight excluding hydrogens is 152 g/mol. The molecule has 65 valence electrons. The van der Waals surface area contributed by atoms with E-state index in [4.69, 9.17) is 4.74 Å². The summed E-state index contributed by atoms with van der Waals surface area (Å²) in [5.41, 5.74) is 1.17. The Kier molecular flexibility index (Phi) is 3.61. The van der Waals surface area contributed by atoms with Gasteiger partial charge < -0.3 is 4.74 Å². The van der Waals surface area contributed by atoms with Crippen LogP contribution in [0.2, 0.25) is 0 Å². The molecule has 12 heavy (non-hydrogen) atoms. The number of ether oxygens (including phenoxy) is 1. The van der Waals surface area contributed by atoms with Crippen molar-refractivity contribution < 1.29 is 9.84 Å². The van der Waals surface area contributed by atoms with E-state index in [1.54, 1.807) is 7.11 Å². The molecule has 1 rings (SSSR count). The van der Waals surface area contributed by atoms with Gasteiger partial charge in [0.15, 0.2) is 0 Å². The number of hydrogen-bond donors (Lipinski definition) is 0. The van der Waals surface area contributed by atoms with Gasteiger partial charge in [0.2, 0.25) is 0 Å². The molecule has 0 N–H and O–H groups in total. The predicted molar refractivity (Wildman–Crippen MR) is 46.9 cm³/mol. The van der Waals surface area contributed by atoms with E-state index >= 15 is 0 Å². The van der Waals surface area contributed by atoms with E-state index in [9.17, 15) is 5.11 Å². The molecule has 2 heteroatoms. The van der Waals surface area contributed by atoms with E-state index < -0.39 is 0 Å². The Hall–Kier alpha value is -1.02. The van der Waals surface area contributed by atoms with Crippen LogP contribution < -0.4 is 4.74 Å². The van der Waals surface area contributed by atoms with Gasteiger partial charge in [-0.3, -0.25) is 0 Å². The Morgan fingerprint density at radius 2 is 2.25 bits per heavy atom. The van der Waals surface area contributed by atoms with Crippen molar-refractivity contribution in [2.75, 3.05) is 13.7 Å². The van der Waals surface area contributed by atoms with Gasteiger partial charge in [-0.25, -0.2) is 5.11 Å². The highest BCUT2D eigenvalue weighted by atomic mass is 16.5. The van der Waals surface area contributed by atoms with Crippen molar-refractivity contribution in [1.82, 2.24) is 0 Å². The van der Waals surface area contributed by atoms with Gasteiger partial charge in [-0.05, 0) is 30.5 Å². The molecule has 0 atom stereocenters. The summed E-state index contributed by atoms with van der Waals surface area (Å²) in [6, 6.07) is 7.83. The molecule has 0 aliphatic heterocycles. The lowest BCUT2D eigenvalue weighted by Gasteiger charge is -2.02. The quantitative estimate of drug-likeness (QED) is 0.671. The van der Waals surface area contributed by atoms with Gasteiger partial charge >= 0.3 is 0 Å². The van der Waals surface area contributed by atoms with E-state index in [1.807, 2.05) is 24.3 Å². The summed E-state index contributed by atoms with van der Waals surface area (Å²) in [5.74, 6) is 0.860. The first-order valence-corrected chi connectivity index (χ1v) is 4.08. The van der Waals surface area contributed by atoms with E-state index in [0.717, 1.165) is 12.2 Å². The van der Waals surface area contributed by atoms with Gasteiger partial charge in [0.25, 0.3) is 0 Å². The maximum atomic E-state index is 10.2. The van der Waals surface area contributed by atoms with Crippen LogP contribution in [0.4, 0.5) is 0 Å². The van der Waals surface area contributed by atoms with Crippen molar-refractivity contribution >= 4 is 0 Å². The summed E-state index contributed by atoms with van der Waals surface area (Å²) < 4.78 is 5.06. The minimum absolute atomic E-state index is 0.00277. The zero-order valence-corrected chi connectivity index (χ0v) is 7.25. The molecule has 0 aromatic heterocycles. The number of hydrogen-bond acceptors (Lipinski definition) is 1. The lowest BCUT2D eigenvalue weighted by Crippen LogP contribution is -1.89. The Labute approximate surface area is 72.8 Å². The van der Waals surface area contributed by atoms with Crippen LogP contribution in [0.15, 0.2) is 24.3 Å². The molecule has 0 saturated carbocycles. The van der Waals surface area contributed by atoms with E-state index in [2.05, 4.69) is 0 Å². The Bertz CT molecular complexity index is 233. The summed E-state index contributed by atoms with van der Waals surface area (Å²) in [5, 5.41) is 10.2. The first kappa shape index (κ1) is 9.07. The van der Waals surface area contributed by atoms with Crippen LogP contribution in [-0.2, 0) is 11.5 Å². The fourth-order valence-electron chi connectivity index (χ4n) is 1.10. The third kappa shape index (κ3) is 2.55. The highest BCUT2D eigenvalue weighted by Crippen LogP contribution is 2.13. The second kappa shape index (κ2) is 4.78. The molecule has 0 aliphatic carbocycles. The Morgan fingerprint density at radius 3 is 2.92 bits per heavy atom. The van der Waals surface area contributed by atoms with E-state index in [-0.39, 0.29) is 6.61 Å². The molecule has 0 spiro atoms. The zero-order valence-electron chi connectivity index (χ0n) is 7.25. The van der Waals surface area contributed by atoms with Crippen molar-refractivity contribution in [2.45, 2.75) is 12.8 Å². The van der Waals surface area contributed by atoms with Crippen molar-refractivity contribution in [3.05, 3.63) is 29.8 Å². The van der Waals surface area contributed by atoms with Gasteiger partial charge in [-0.2, -0.15) is 0 Å². The zero-order chi connectivity index (χ0) is 8.81. The van der Waals surface area contributed by atoms with Crippen molar-refractivity contribution in [3.8, 4) is 5.75 Å². The summed E-state index contributed by atoms with van der Waals surface area (Å²) >= 11 is 0. The molecule has 1 aromatic rings. The standard InChI is InChI=1S/C10H13O2/c1-12-10-6-2-4-9(8-10)5-3-7-11/h2,4,6,8H,3,5,7H2,1H3. The van der Waals surface area contributed by atoms with Gasteiger partial charge in [0.05, 0.1) is 13.7 Å². The van der Waals surface area contributed by atoms with Crippen LogP contribution in [0.25, 0.3) is 0 Å². The minimum Gasteiger partial charge on any atom is -0.497 e. The topological polar surface area (TPSA) is 29.1 Å². The molecule has 1 aromatic carbocycles. The Balaban J connectivity index is 2.60. The molecule has 0 bridgehead atoms. The first-order chi connectivity index (χ1) is 5.86. The third-order valence-electron chi connectivity index (χ3n) is 1.74. The van der Waals surface area contributed by atoms with Gasteiger partial charge in [0, 0.05) is 0 Å². The first-order valence-electron chi connectivity index (χ1n) is 4.08. The molecule has 0 fully saturated rings. The molecule has 0 saturated heterocycles. The fourth-order valence-corrected chi connectivity index (χ4v) is 1.10. The van der Waals surface area contributed by atoms with E-state index in [0.29, 0.717) is 6.42 Å². The predicted octanol–water partition coefficient (Wildman–Crippen LogP) is 2.06. The van der Waals surface area contributed by atoms with Crippen LogP contribution >= 0.6 is 0 Å². The Morgan fingerprint density at radius 1 is 1.42 bits per heavy atom. The largest absolute Gasteiger partial charge is 0.497 e. The summed E-state index contributed by atoms with van der Waals surface area (Å²) in [4.78, 5) is 0. The average Bonchev–Trinajstić information content (AvgIpc) is 2.15. The third-order valence-corrected chi connectivity index (χ3v) is 1.74. The smallest absolute Gasteiger partial charge is 0.119 e. The summed E-state index contributed by atoms with van der Waals surface area (Å²) in [6.45, 7) is -0.00277. The van der Waals surface area contributed by atoms with Crippen molar-refractivity contribution in [2.24, 2.45) is 0 Å². The van der Waals surface area contributed by atoms with Gasteiger partial charge in [-0.15, -0.1) is 0 Å². The van der Waals surface area contributed by atoms with Crippen molar-refractivity contribution in [3.63, 3.8) is 0 Å². The highest BCUT2D eigenvalue weighted by molar-refractivity contribution is 5.28. The van der Waals surface area contributed by atoms with Crippen LogP contribution in [-0.4, -0.2) is 13.7 Å². The molecule has 0 amide bonds. The van der Waals surface area contributed by atoms with Gasteiger partial charge in [0.1, 0.15) is 5.75 Å². The molecule has 0 unspecified atom stereocenters. The molecule has 0 heterocycles. The summed E-state index contributed by atoms with van der Waals surface area (Å²) in [6.07, 6.45) is 1.55. The number of methoxy groups -OCH3 is 1. The highest BCUT2D eigenvalue weighted by Gasteiger charge is 1.94. The lowest BCUT2D eigenvalue weighted by molar-refractivity contribution is 0.189. The average molecular weight is 165 g/mol. The minimum atomic E-state index is -0.00277. The molecule has 2 nitrogen and oxygen atoms in total. The monoisotopic (exact) mass is 165 g/mol. The van der Waals surface area contributed by atoms with Gasteiger partial charge in [-0.1, -0.05) is 12.1 Å². The summed E-state index contributed by atoms with van der Waals surface area (Å²) in [7, 11) is 1.65. The van der Waals surface area contributed by atoms with Crippen LogP contribution in [0.1, 0.15) is 12.0 Å². The van der Waals surface area contributed by atoms with Crippen LogP contribution in [0, 0.1) is 0 Å². The molecule has 1 radical (unpaired) electrons. The fraction of sp³-hybridized carbons (Fsp3) is 0.400. The normalized spacial score (nSPS) is 9.83. The number of benzene rings is 1. The lowest BCUT2D eigenvalue weighted by atomic mass is 10.1. The van der Waals surface area contributed by atoms with E-state index in [1.165, 1.54) is 5.56 Å². The SMILES string of the molecule is COc1cccc(CCC[O])c1. The van der Waals surface area contributed by atoms with Crippen LogP contribution in [0.3, 0.4) is 0 Å². The second-order valence-corrected chi connectivity index (χ2v) is 2.66. The number of rotatable bonds is 4. The van der Waals surface area contributed by atoms with Crippen molar-refractivity contribution in [1.29, 1.82) is 0 Å². The maximum Gasteiger partial charge on any atom is 0.119 e. The number of aryl methyl sites for hydroxylation is 1. The molecular formula is C10H13O2. The maximum absolute atomic E-state index is 10.2. The molecule has 0 aliphatic rings. The second-order valence-electron chi connectivity index (χ2n) is 2.66.